The number of nitrogens with one attached hydrogen (secondary N) is 2. The summed E-state index contributed by atoms with van der Waals surface area (Å²) in [5.41, 5.74) is 2.81. The fourth-order valence-corrected chi connectivity index (χ4v) is 4.73. The molecule has 0 spiro atoms. The SMILES string of the molecule is O=C(O)c1ccc2c(c1)C(=O)N(c1nc(C(=O)Nc3cnccc3N3CCNCC3)cs1)C2. The third-order valence-corrected chi connectivity index (χ3v) is 6.48. The van der Waals surface area contributed by atoms with Gasteiger partial charge >= 0.3 is 5.97 Å². The molecule has 4 heterocycles. The molecule has 10 nitrogen and oxygen atoms in total. The molecule has 0 bridgehead atoms. The minimum atomic E-state index is -1.09. The summed E-state index contributed by atoms with van der Waals surface area (Å²) in [6.45, 7) is 3.67. The maximum absolute atomic E-state index is 12.9. The van der Waals surface area contributed by atoms with E-state index in [1.165, 1.54) is 28.4 Å². The molecule has 0 saturated carbocycles. The average molecular weight is 465 g/mol. The van der Waals surface area contributed by atoms with Gasteiger partial charge in [-0.05, 0) is 23.8 Å². The van der Waals surface area contributed by atoms with Crippen molar-refractivity contribution >= 4 is 45.6 Å². The predicted octanol–water partition coefficient (Wildman–Crippen LogP) is 2.06. The highest BCUT2D eigenvalue weighted by Gasteiger charge is 2.31. The zero-order valence-electron chi connectivity index (χ0n) is 17.4. The van der Waals surface area contributed by atoms with Gasteiger partial charge in [-0.2, -0.15) is 0 Å². The van der Waals surface area contributed by atoms with E-state index in [2.05, 4.69) is 25.5 Å². The van der Waals surface area contributed by atoms with E-state index in [1.807, 2.05) is 6.07 Å². The van der Waals surface area contributed by atoms with Crippen molar-refractivity contribution in [1.82, 2.24) is 15.3 Å². The first-order valence-electron chi connectivity index (χ1n) is 10.4. The van der Waals surface area contributed by atoms with Gasteiger partial charge in [-0.1, -0.05) is 6.07 Å². The van der Waals surface area contributed by atoms with Gasteiger partial charge in [0, 0.05) is 43.3 Å². The molecule has 2 aliphatic rings. The molecule has 11 heteroatoms. The molecule has 2 aromatic heterocycles. The van der Waals surface area contributed by atoms with Crippen LogP contribution in [0.4, 0.5) is 16.5 Å². The summed E-state index contributed by atoms with van der Waals surface area (Å²) in [7, 11) is 0. The number of aromatic nitrogens is 2. The molecule has 1 aromatic carbocycles. The van der Waals surface area contributed by atoms with E-state index in [-0.39, 0.29) is 29.6 Å². The Kier molecular flexibility index (Phi) is 5.48. The molecule has 1 saturated heterocycles. The minimum absolute atomic E-state index is 0.0555. The van der Waals surface area contributed by atoms with Gasteiger partial charge in [-0.25, -0.2) is 9.78 Å². The van der Waals surface area contributed by atoms with E-state index in [0.717, 1.165) is 37.4 Å². The maximum atomic E-state index is 12.9. The van der Waals surface area contributed by atoms with Gasteiger partial charge in [-0.15, -0.1) is 11.3 Å². The van der Waals surface area contributed by atoms with E-state index in [4.69, 9.17) is 0 Å². The van der Waals surface area contributed by atoms with Crippen LogP contribution >= 0.6 is 11.3 Å². The Morgan fingerprint density at radius 1 is 1.18 bits per heavy atom. The summed E-state index contributed by atoms with van der Waals surface area (Å²) in [5.74, 6) is -1.81. The molecule has 5 rings (SSSR count). The molecule has 1 fully saturated rings. The molecule has 0 radical (unpaired) electrons. The summed E-state index contributed by atoms with van der Waals surface area (Å²) in [6.07, 6.45) is 3.31. The topological polar surface area (TPSA) is 128 Å². The summed E-state index contributed by atoms with van der Waals surface area (Å²) in [5, 5.41) is 17.4. The highest BCUT2D eigenvalue weighted by Crippen LogP contribution is 2.32. The van der Waals surface area contributed by atoms with Crippen molar-refractivity contribution < 1.29 is 19.5 Å². The number of carboxylic acids is 1. The highest BCUT2D eigenvalue weighted by molar-refractivity contribution is 7.14. The van der Waals surface area contributed by atoms with Crippen molar-refractivity contribution in [3.63, 3.8) is 0 Å². The predicted molar refractivity (Wildman–Crippen MR) is 123 cm³/mol. The summed E-state index contributed by atoms with van der Waals surface area (Å²) < 4.78 is 0. The van der Waals surface area contributed by atoms with E-state index >= 15 is 0 Å². The highest BCUT2D eigenvalue weighted by atomic mass is 32.1. The van der Waals surface area contributed by atoms with Crippen molar-refractivity contribution in [3.8, 4) is 0 Å². The number of rotatable bonds is 5. The quantitative estimate of drug-likeness (QED) is 0.524. The van der Waals surface area contributed by atoms with Gasteiger partial charge in [0.1, 0.15) is 5.69 Å². The lowest BCUT2D eigenvalue weighted by Crippen LogP contribution is -2.43. The number of fused-ring (bicyclic) bond motifs is 1. The van der Waals surface area contributed by atoms with Crippen LogP contribution in [0.2, 0.25) is 0 Å². The van der Waals surface area contributed by atoms with E-state index in [0.29, 0.717) is 16.4 Å². The number of hydrogen-bond acceptors (Lipinski definition) is 8. The van der Waals surface area contributed by atoms with Crippen LogP contribution in [0, 0.1) is 0 Å². The van der Waals surface area contributed by atoms with E-state index in [1.54, 1.807) is 23.8 Å². The third kappa shape index (κ3) is 4.03. The Bertz CT molecular complexity index is 1250. The Balaban J connectivity index is 1.33. The van der Waals surface area contributed by atoms with Crippen molar-refractivity contribution in [2.45, 2.75) is 6.54 Å². The third-order valence-electron chi connectivity index (χ3n) is 5.62. The minimum Gasteiger partial charge on any atom is -0.478 e. The van der Waals surface area contributed by atoms with Crippen LogP contribution < -0.4 is 20.4 Å². The van der Waals surface area contributed by atoms with Crippen molar-refractivity contribution in [2.24, 2.45) is 0 Å². The van der Waals surface area contributed by atoms with Gasteiger partial charge in [0.15, 0.2) is 5.13 Å². The lowest BCUT2D eigenvalue weighted by Gasteiger charge is -2.30. The number of nitrogens with zero attached hydrogens (tertiary/aromatic N) is 4. The van der Waals surface area contributed by atoms with Crippen LogP contribution in [-0.4, -0.2) is 59.0 Å². The number of hydrogen-bond donors (Lipinski definition) is 3. The number of pyridine rings is 1. The zero-order valence-corrected chi connectivity index (χ0v) is 18.3. The normalized spacial score (nSPS) is 15.5. The monoisotopic (exact) mass is 464 g/mol. The van der Waals surface area contributed by atoms with Crippen molar-refractivity contribution in [1.29, 1.82) is 0 Å². The lowest BCUT2D eigenvalue weighted by atomic mass is 10.1. The van der Waals surface area contributed by atoms with Crippen LogP contribution in [0.5, 0.6) is 0 Å². The number of amides is 2. The summed E-state index contributed by atoms with van der Waals surface area (Å²) in [4.78, 5) is 49.1. The van der Waals surface area contributed by atoms with Crippen LogP contribution in [0.15, 0.2) is 42.0 Å². The van der Waals surface area contributed by atoms with Crippen molar-refractivity contribution in [3.05, 3.63) is 64.4 Å². The van der Waals surface area contributed by atoms with E-state index in [9.17, 15) is 19.5 Å². The van der Waals surface area contributed by atoms with Gasteiger partial charge in [0.05, 0.1) is 29.7 Å². The second-order valence-corrected chi connectivity index (χ2v) is 8.50. The first kappa shape index (κ1) is 21.0. The molecule has 2 aliphatic heterocycles. The number of benzene rings is 1. The Morgan fingerprint density at radius 3 is 2.79 bits per heavy atom. The van der Waals surface area contributed by atoms with Gasteiger partial charge in [-0.3, -0.25) is 19.5 Å². The summed E-state index contributed by atoms with van der Waals surface area (Å²) in [6, 6.07) is 6.36. The number of carbonyl (C=O) groups is 3. The Hall–Kier alpha value is -3.83. The number of carboxylic acid groups (broad SMARTS) is 1. The largest absolute Gasteiger partial charge is 0.478 e. The number of carbonyl (C=O) groups excluding carboxylic acids is 2. The molecule has 2 amide bonds. The van der Waals surface area contributed by atoms with Gasteiger partial charge in [0.2, 0.25) is 0 Å². The maximum Gasteiger partial charge on any atom is 0.335 e. The van der Waals surface area contributed by atoms with E-state index < -0.39 is 5.97 Å². The first-order valence-corrected chi connectivity index (χ1v) is 11.2. The number of anilines is 3. The molecular formula is C22H20N6O4S. The number of aromatic carboxylic acids is 1. The van der Waals surface area contributed by atoms with Crippen LogP contribution in [0.25, 0.3) is 0 Å². The van der Waals surface area contributed by atoms with Crippen LogP contribution in [-0.2, 0) is 6.54 Å². The van der Waals surface area contributed by atoms with Crippen LogP contribution in [0.1, 0.15) is 36.8 Å². The average Bonchev–Trinajstić information content (AvgIpc) is 3.45. The Morgan fingerprint density at radius 2 is 2.00 bits per heavy atom. The second kappa shape index (κ2) is 8.60. The Labute approximate surface area is 192 Å². The van der Waals surface area contributed by atoms with Gasteiger partial charge < -0.3 is 20.6 Å². The smallest absolute Gasteiger partial charge is 0.335 e. The van der Waals surface area contributed by atoms with Crippen molar-refractivity contribution in [2.75, 3.05) is 41.3 Å². The van der Waals surface area contributed by atoms with Gasteiger partial charge in [0.25, 0.3) is 11.8 Å². The second-order valence-electron chi connectivity index (χ2n) is 7.67. The lowest BCUT2D eigenvalue weighted by molar-refractivity contribution is 0.0696. The molecule has 0 unspecified atom stereocenters. The standard InChI is InChI=1S/C22H20N6O4S/c29-19(25-16-10-24-4-3-18(16)27-7-5-23-6-8-27)17-12-33-22(26-17)28-11-14-2-1-13(21(31)32)9-15(14)20(28)30/h1-4,9-10,12,23H,5-8,11H2,(H,25,29)(H,31,32). The molecule has 33 heavy (non-hydrogen) atoms. The van der Waals surface area contributed by atoms with Crippen LogP contribution in [0.3, 0.4) is 0 Å². The number of piperazine rings is 1. The molecular weight excluding hydrogens is 444 g/mol. The molecule has 3 aromatic rings. The zero-order chi connectivity index (χ0) is 22.9. The fraction of sp³-hybridized carbons (Fsp3) is 0.227. The summed E-state index contributed by atoms with van der Waals surface area (Å²) >= 11 is 1.19. The molecule has 168 valence electrons. The fourth-order valence-electron chi connectivity index (χ4n) is 3.93. The first-order chi connectivity index (χ1) is 16.0. The molecule has 3 N–H and O–H groups in total. The molecule has 0 atom stereocenters. The molecule has 0 aliphatic carbocycles. The number of thiazole rings is 1.